The highest BCUT2D eigenvalue weighted by molar-refractivity contribution is 6.30. The molecule has 0 saturated heterocycles. The number of carbonyl (C=O) groups excluding carboxylic acids is 1. The summed E-state index contributed by atoms with van der Waals surface area (Å²) >= 11 is 5.88. The molecular weight excluding hydrogens is 397 g/mol. The summed E-state index contributed by atoms with van der Waals surface area (Å²) in [5, 5.41) is 3.76. The fourth-order valence-electron chi connectivity index (χ4n) is 2.96. The Balaban J connectivity index is 0.00000169. The highest BCUT2D eigenvalue weighted by Gasteiger charge is 2.20. The van der Waals surface area contributed by atoms with Crippen LogP contribution in [0.3, 0.4) is 0 Å². The van der Waals surface area contributed by atoms with Crippen LogP contribution >= 0.6 is 36.4 Å². The fourth-order valence-corrected chi connectivity index (χ4v) is 3.08. The van der Waals surface area contributed by atoms with Gasteiger partial charge in [-0.2, -0.15) is 0 Å². The van der Waals surface area contributed by atoms with Crippen LogP contribution in [-0.2, 0) is 11.2 Å². The van der Waals surface area contributed by atoms with Gasteiger partial charge in [-0.15, -0.1) is 24.8 Å². The Hall–Kier alpha value is -1.27. The van der Waals surface area contributed by atoms with Gasteiger partial charge in [-0.25, -0.2) is 4.98 Å². The maximum atomic E-state index is 12.1. The van der Waals surface area contributed by atoms with Crippen molar-refractivity contribution in [2.45, 2.75) is 50.6 Å². The van der Waals surface area contributed by atoms with Crippen molar-refractivity contribution in [1.29, 1.82) is 0 Å². The van der Waals surface area contributed by atoms with E-state index in [1.165, 1.54) is 0 Å². The third-order valence-corrected chi connectivity index (χ3v) is 4.64. The molecular formula is C18H24Cl3N3O2. The van der Waals surface area contributed by atoms with Crippen molar-refractivity contribution in [2.24, 2.45) is 5.73 Å². The van der Waals surface area contributed by atoms with E-state index in [9.17, 15) is 4.79 Å². The molecule has 144 valence electrons. The minimum Gasteiger partial charge on any atom is -0.441 e. The van der Waals surface area contributed by atoms with Crippen LogP contribution in [-0.4, -0.2) is 23.0 Å². The first-order valence-corrected chi connectivity index (χ1v) is 8.73. The lowest BCUT2D eigenvalue weighted by molar-refractivity contribution is -0.122. The molecule has 1 aromatic carbocycles. The largest absolute Gasteiger partial charge is 0.441 e. The van der Waals surface area contributed by atoms with Crippen molar-refractivity contribution < 1.29 is 9.21 Å². The number of rotatable bonds is 5. The molecule has 0 unspecified atom stereocenters. The van der Waals surface area contributed by atoms with Crippen LogP contribution in [0.2, 0.25) is 5.02 Å². The zero-order chi connectivity index (χ0) is 16.9. The van der Waals surface area contributed by atoms with E-state index in [0.29, 0.717) is 29.5 Å². The molecule has 1 heterocycles. The SMILES string of the molecule is Cl.Cl.NC1CCC(NC(=O)CCc2ncc(-c3ccc(Cl)cc3)o2)CC1. The lowest BCUT2D eigenvalue weighted by Crippen LogP contribution is -2.40. The Labute approximate surface area is 170 Å². The van der Waals surface area contributed by atoms with Crippen LogP contribution in [0, 0.1) is 0 Å². The predicted molar refractivity (Wildman–Crippen MR) is 108 cm³/mol. The first-order chi connectivity index (χ1) is 11.6. The molecule has 2 aromatic rings. The summed E-state index contributed by atoms with van der Waals surface area (Å²) in [4.78, 5) is 16.3. The molecule has 0 bridgehead atoms. The summed E-state index contributed by atoms with van der Waals surface area (Å²) in [6, 6.07) is 7.93. The highest BCUT2D eigenvalue weighted by atomic mass is 35.5. The molecule has 1 aromatic heterocycles. The summed E-state index contributed by atoms with van der Waals surface area (Å²) in [5.74, 6) is 1.30. The van der Waals surface area contributed by atoms with Crippen molar-refractivity contribution >= 4 is 42.3 Å². The number of benzene rings is 1. The van der Waals surface area contributed by atoms with E-state index in [2.05, 4.69) is 10.3 Å². The normalized spacial score (nSPS) is 19.2. The third kappa shape index (κ3) is 6.47. The van der Waals surface area contributed by atoms with Gasteiger partial charge in [0.1, 0.15) is 0 Å². The number of aromatic nitrogens is 1. The van der Waals surface area contributed by atoms with E-state index in [-0.39, 0.29) is 42.8 Å². The van der Waals surface area contributed by atoms with Gasteiger partial charge in [-0.05, 0) is 49.9 Å². The first kappa shape index (κ1) is 22.8. The van der Waals surface area contributed by atoms with Gasteiger partial charge >= 0.3 is 0 Å². The Kier molecular flexibility index (Phi) is 9.44. The summed E-state index contributed by atoms with van der Waals surface area (Å²) in [7, 11) is 0. The molecule has 8 heteroatoms. The predicted octanol–water partition coefficient (Wildman–Crippen LogP) is 4.16. The molecule has 1 aliphatic rings. The van der Waals surface area contributed by atoms with Gasteiger partial charge in [0.25, 0.3) is 0 Å². The van der Waals surface area contributed by atoms with E-state index >= 15 is 0 Å². The van der Waals surface area contributed by atoms with Crippen molar-refractivity contribution in [3.63, 3.8) is 0 Å². The molecule has 3 N–H and O–H groups in total. The monoisotopic (exact) mass is 419 g/mol. The van der Waals surface area contributed by atoms with Crippen molar-refractivity contribution in [1.82, 2.24) is 10.3 Å². The van der Waals surface area contributed by atoms with Crippen LogP contribution in [0.5, 0.6) is 0 Å². The summed E-state index contributed by atoms with van der Waals surface area (Å²) in [5.41, 5.74) is 6.80. The number of nitrogens with zero attached hydrogens (tertiary/aromatic N) is 1. The number of carbonyl (C=O) groups is 1. The lowest BCUT2D eigenvalue weighted by atomic mass is 9.92. The maximum Gasteiger partial charge on any atom is 0.220 e. The van der Waals surface area contributed by atoms with Crippen molar-refractivity contribution in [3.8, 4) is 11.3 Å². The molecule has 26 heavy (non-hydrogen) atoms. The average Bonchev–Trinajstić information content (AvgIpc) is 3.05. The highest BCUT2D eigenvalue weighted by Crippen LogP contribution is 2.23. The molecule has 0 radical (unpaired) electrons. The second-order valence-corrected chi connectivity index (χ2v) is 6.74. The van der Waals surface area contributed by atoms with Crippen LogP contribution in [0.1, 0.15) is 38.0 Å². The Morgan fingerprint density at radius 3 is 2.50 bits per heavy atom. The first-order valence-electron chi connectivity index (χ1n) is 8.36. The van der Waals surface area contributed by atoms with Gasteiger partial charge in [0.15, 0.2) is 11.7 Å². The van der Waals surface area contributed by atoms with Crippen LogP contribution in [0.4, 0.5) is 0 Å². The topological polar surface area (TPSA) is 81.1 Å². The molecule has 3 rings (SSSR count). The zero-order valence-corrected chi connectivity index (χ0v) is 16.7. The Bertz CT molecular complexity index is 683. The number of hydrogen-bond acceptors (Lipinski definition) is 4. The molecule has 1 saturated carbocycles. The number of hydrogen-bond donors (Lipinski definition) is 2. The van der Waals surface area contributed by atoms with Gasteiger partial charge < -0.3 is 15.5 Å². The van der Waals surface area contributed by atoms with Crippen molar-refractivity contribution in [3.05, 3.63) is 41.4 Å². The zero-order valence-electron chi connectivity index (χ0n) is 14.3. The smallest absolute Gasteiger partial charge is 0.220 e. The number of nitrogens with two attached hydrogens (primary N) is 1. The third-order valence-electron chi connectivity index (χ3n) is 4.39. The lowest BCUT2D eigenvalue weighted by Gasteiger charge is -2.26. The molecule has 0 atom stereocenters. The second-order valence-electron chi connectivity index (χ2n) is 6.30. The fraction of sp³-hybridized carbons (Fsp3) is 0.444. The standard InChI is InChI=1S/C18H22ClN3O2.2ClH/c19-13-3-1-12(2-4-13)16-11-21-18(24-16)10-9-17(23)22-15-7-5-14(20)6-8-15;;/h1-4,11,14-15H,5-10,20H2,(H,22,23);2*1H. The van der Waals surface area contributed by atoms with E-state index in [0.717, 1.165) is 31.2 Å². The number of halogens is 3. The Morgan fingerprint density at radius 1 is 1.19 bits per heavy atom. The van der Waals surface area contributed by atoms with Crippen LogP contribution in [0.15, 0.2) is 34.9 Å². The number of aryl methyl sites for hydroxylation is 1. The second kappa shape index (κ2) is 10.8. The number of nitrogens with one attached hydrogen (secondary N) is 1. The minimum atomic E-state index is 0. The summed E-state index contributed by atoms with van der Waals surface area (Å²) in [6.45, 7) is 0. The molecule has 1 fully saturated rings. The molecule has 1 aliphatic carbocycles. The molecule has 0 spiro atoms. The van der Waals surface area contributed by atoms with E-state index in [1.54, 1.807) is 6.20 Å². The molecule has 5 nitrogen and oxygen atoms in total. The summed E-state index contributed by atoms with van der Waals surface area (Å²) < 4.78 is 5.71. The van der Waals surface area contributed by atoms with E-state index in [4.69, 9.17) is 21.8 Å². The molecule has 0 aliphatic heterocycles. The van der Waals surface area contributed by atoms with Gasteiger partial charge in [0.05, 0.1) is 6.20 Å². The van der Waals surface area contributed by atoms with Crippen molar-refractivity contribution in [2.75, 3.05) is 0 Å². The van der Waals surface area contributed by atoms with Gasteiger partial charge in [0, 0.05) is 35.5 Å². The van der Waals surface area contributed by atoms with Gasteiger partial charge in [0.2, 0.25) is 5.91 Å². The number of amides is 1. The summed E-state index contributed by atoms with van der Waals surface area (Å²) in [6.07, 6.45) is 6.44. The maximum absolute atomic E-state index is 12.1. The number of oxazole rings is 1. The molecule has 1 amide bonds. The van der Waals surface area contributed by atoms with Crippen LogP contribution < -0.4 is 11.1 Å². The van der Waals surface area contributed by atoms with Crippen LogP contribution in [0.25, 0.3) is 11.3 Å². The van der Waals surface area contributed by atoms with Gasteiger partial charge in [-0.3, -0.25) is 4.79 Å². The van der Waals surface area contributed by atoms with E-state index < -0.39 is 0 Å². The average molecular weight is 421 g/mol. The quantitative estimate of drug-likeness (QED) is 0.761. The minimum absolute atomic E-state index is 0. The van der Waals surface area contributed by atoms with E-state index in [1.807, 2.05) is 24.3 Å². The van der Waals surface area contributed by atoms with Gasteiger partial charge in [-0.1, -0.05) is 11.6 Å². The Morgan fingerprint density at radius 2 is 1.85 bits per heavy atom.